The Morgan fingerprint density at radius 2 is 2.17 bits per heavy atom. The minimum Gasteiger partial charge on any atom is -0.464 e. The van der Waals surface area contributed by atoms with Crippen molar-refractivity contribution >= 4 is 28.6 Å². The van der Waals surface area contributed by atoms with Gasteiger partial charge >= 0.3 is 6.09 Å². The predicted octanol–water partition coefficient (Wildman–Crippen LogP) is 3.36. The second-order valence-electron chi connectivity index (χ2n) is 3.65. The Hall–Kier alpha value is -1.82. The van der Waals surface area contributed by atoms with E-state index in [0.29, 0.717) is 18.2 Å². The Labute approximate surface area is 106 Å². The molecule has 0 bridgehead atoms. The molecule has 1 amide bonds. The highest BCUT2D eigenvalue weighted by Gasteiger charge is 2.20. The molecule has 1 heterocycles. The van der Waals surface area contributed by atoms with Crippen LogP contribution in [0.4, 0.5) is 13.6 Å². The van der Waals surface area contributed by atoms with Gasteiger partial charge in [0.15, 0.2) is 5.82 Å². The van der Waals surface area contributed by atoms with Crippen LogP contribution in [0.1, 0.15) is 12.6 Å². The molecule has 0 aliphatic heterocycles. The molecule has 0 aliphatic carbocycles. The maximum Gasteiger partial charge on any atom is 0.423 e. The third-order valence-electron chi connectivity index (χ3n) is 2.55. The third-order valence-corrected chi connectivity index (χ3v) is 2.98. The van der Waals surface area contributed by atoms with Gasteiger partial charge in [0, 0.05) is 11.5 Å². The predicted molar refractivity (Wildman–Crippen MR) is 63.6 cm³/mol. The summed E-state index contributed by atoms with van der Waals surface area (Å²) in [5.74, 6) is -1.64. The van der Waals surface area contributed by atoms with Crippen LogP contribution in [0.2, 0.25) is 5.02 Å². The van der Waals surface area contributed by atoms with Crippen molar-refractivity contribution in [2.24, 2.45) is 0 Å². The van der Waals surface area contributed by atoms with Crippen LogP contribution in [0.3, 0.4) is 0 Å². The zero-order valence-electron chi connectivity index (χ0n) is 9.30. The van der Waals surface area contributed by atoms with E-state index >= 15 is 0 Å². The van der Waals surface area contributed by atoms with Crippen molar-refractivity contribution in [2.75, 3.05) is 5.43 Å². The number of fused-ring (bicyclic) bond motifs is 1. The fourth-order valence-corrected chi connectivity index (χ4v) is 2.24. The second kappa shape index (κ2) is 4.45. The van der Waals surface area contributed by atoms with Crippen molar-refractivity contribution in [1.82, 2.24) is 4.68 Å². The number of halogens is 3. The summed E-state index contributed by atoms with van der Waals surface area (Å²) in [6, 6.07) is 1.75. The second-order valence-corrected chi connectivity index (χ2v) is 4.03. The maximum atomic E-state index is 13.7. The van der Waals surface area contributed by atoms with Crippen molar-refractivity contribution in [3.8, 4) is 0 Å². The van der Waals surface area contributed by atoms with Crippen molar-refractivity contribution in [1.29, 1.82) is 0 Å². The Balaban J connectivity index is 2.85. The summed E-state index contributed by atoms with van der Waals surface area (Å²) in [7, 11) is 0. The van der Waals surface area contributed by atoms with E-state index in [2.05, 4.69) is 0 Å². The standard InChI is InChI=1S/C11H9ClF2N2O2/c1-2-8-9(12)6-3-5(13)4-7(14)10(6)16(8)15-11(17)18/h3-4,15H,2H2,1H3,(H,17,18). The largest absolute Gasteiger partial charge is 0.464 e. The summed E-state index contributed by atoms with van der Waals surface area (Å²) in [5.41, 5.74) is 2.33. The van der Waals surface area contributed by atoms with Crippen LogP contribution >= 0.6 is 11.6 Å². The van der Waals surface area contributed by atoms with Crippen molar-refractivity contribution < 1.29 is 18.7 Å². The number of carboxylic acid groups (broad SMARTS) is 1. The molecule has 96 valence electrons. The van der Waals surface area contributed by atoms with Crippen molar-refractivity contribution in [3.63, 3.8) is 0 Å². The molecular weight excluding hydrogens is 266 g/mol. The minimum atomic E-state index is -1.36. The van der Waals surface area contributed by atoms with Gasteiger partial charge in [-0.05, 0) is 12.5 Å². The molecule has 2 aromatic rings. The van der Waals surface area contributed by atoms with E-state index in [0.717, 1.165) is 10.7 Å². The van der Waals surface area contributed by atoms with Gasteiger partial charge < -0.3 is 5.11 Å². The average Bonchev–Trinajstić information content (AvgIpc) is 2.51. The van der Waals surface area contributed by atoms with E-state index in [1.165, 1.54) is 0 Å². The molecule has 0 spiro atoms. The summed E-state index contributed by atoms with van der Waals surface area (Å²) >= 11 is 6.00. The van der Waals surface area contributed by atoms with Gasteiger partial charge in [0.2, 0.25) is 0 Å². The lowest BCUT2D eigenvalue weighted by atomic mass is 10.2. The Morgan fingerprint density at radius 3 is 2.72 bits per heavy atom. The Morgan fingerprint density at radius 1 is 1.50 bits per heavy atom. The molecule has 0 fully saturated rings. The van der Waals surface area contributed by atoms with E-state index in [-0.39, 0.29) is 15.9 Å². The molecule has 0 aliphatic rings. The molecule has 4 nitrogen and oxygen atoms in total. The Bertz CT molecular complexity index is 640. The highest BCUT2D eigenvalue weighted by atomic mass is 35.5. The fraction of sp³-hybridized carbons (Fsp3) is 0.182. The van der Waals surface area contributed by atoms with Gasteiger partial charge in [0.1, 0.15) is 11.3 Å². The highest BCUT2D eigenvalue weighted by molar-refractivity contribution is 6.36. The molecule has 0 radical (unpaired) electrons. The number of hydrogen-bond donors (Lipinski definition) is 2. The number of aromatic nitrogens is 1. The molecule has 0 atom stereocenters. The third kappa shape index (κ3) is 1.88. The lowest BCUT2D eigenvalue weighted by Crippen LogP contribution is -2.22. The smallest absolute Gasteiger partial charge is 0.423 e. The number of rotatable bonds is 2. The van der Waals surface area contributed by atoms with Gasteiger partial charge in [0.25, 0.3) is 0 Å². The van der Waals surface area contributed by atoms with Crippen LogP contribution in [0, 0.1) is 11.6 Å². The number of nitrogens with one attached hydrogen (secondary N) is 1. The molecule has 1 aromatic heterocycles. The molecule has 0 unspecified atom stereocenters. The van der Waals surface area contributed by atoms with Gasteiger partial charge in [-0.15, -0.1) is 0 Å². The lowest BCUT2D eigenvalue weighted by Gasteiger charge is -2.08. The first-order valence-electron chi connectivity index (χ1n) is 5.13. The molecule has 2 rings (SSSR count). The minimum absolute atomic E-state index is 0.0827. The number of amides is 1. The molecule has 1 aromatic carbocycles. The molecule has 0 saturated heterocycles. The number of carbonyl (C=O) groups is 1. The van der Waals surface area contributed by atoms with E-state index in [1.54, 1.807) is 6.92 Å². The lowest BCUT2D eigenvalue weighted by molar-refractivity contribution is 0.206. The SMILES string of the molecule is CCc1c(Cl)c2cc(F)cc(F)c2n1NC(=O)O. The van der Waals surface area contributed by atoms with Gasteiger partial charge in [-0.2, -0.15) is 0 Å². The number of nitrogens with zero attached hydrogens (tertiary/aromatic N) is 1. The van der Waals surface area contributed by atoms with Crippen molar-refractivity contribution in [2.45, 2.75) is 13.3 Å². The maximum absolute atomic E-state index is 13.7. The van der Waals surface area contributed by atoms with Crippen LogP contribution in [0.15, 0.2) is 12.1 Å². The van der Waals surface area contributed by atoms with Gasteiger partial charge in [-0.3, -0.25) is 4.68 Å². The zero-order valence-corrected chi connectivity index (χ0v) is 10.1. The molecule has 18 heavy (non-hydrogen) atoms. The highest BCUT2D eigenvalue weighted by Crippen LogP contribution is 2.32. The summed E-state index contributed by atoms with van der Waals surface area (Å²) in [6.45, 7) is 1.73. The summed E-state index contributed by atoms with van der Waals surface area (Å²) < 4.78 is 27.9. The van der Waals surface area contributed by atoms with Crippen molar-refractivity contribution in [3.05, 3.63) is 34.5 Å². The quantitative estimate of drug-likeness (QED) is 0.882. The summed E-state index contributed by atoms with van der Waals surface area (Å²) in [5, 5.41) is 9.01. The van der Waals surface area contributed by atoms with Gasteiger partial charge in [-0.25, -0.2) is 19.0 Å². The molecule has 0 saturated carbocycles. The van der Waals surface area contributed by atoms with Crippen LogP contribution < -0.4 is 5.43 Å². The fourth-order valence-electron chi connectivity index (χ4n) is 1.88. The number of hydrogen-bond acceptors (Lipinski definition) is 1. The molecule has 2 N–H and O–H groups in total. The summed E-state index contributed by atoms with van der Waals surface area (Å²) in [4.78, 5) is 10.7. The molecular formula is C11H9ClF2N2O2. The first-order valence-corrected chi connectivity index (χ1v) is 5.51. The van der Waals surface area contributed by atoms with E-state index in [4.69, 9.17) is 16.7 Å². The Kier molecular flexibility index (Phi) is 3.13. The van der Waals surface area contributed by atoms with Crippen LogP contribution in [0.25, 0.3) is 10.9 Å². The first-order chi connectivity index (χ1) is 8.45. The van der Waals surface area contributed by atoms with Crippen LogP contribution in [0.5, 0.6) is 0 Å². The van der Waals surface area contributed by atoms with Gasteiger partial charge in [0.05, 0.1) is 10.7 Å². The van der Waals surface area contributed by atoms with Gasteiger partial charge in [-0.1, -0.05) is 18.5 Å². The van der Waals surface area contributed by atoms with E-state index < -0.39 is 17.7 Å². The average molecular weight is 275 g/mol. The summed E-state index contributed by atoms with van der Waals surface area (Å²) in [6.07, 6.45) is -0.989. The number of benzene rings is 1. The zero-order chi connectivity index (χ0) is 13.4. The molecule has 7 heteroatoms. The topological polar surface area (TPSA) is 54.3 Å². The van der Waals surface area contributed by atoms with E-state index in [9.17, 15) is 13.6 Å². The van der Waals surface area contributed by atoms with Crippen LogP contribution in [-0.4, -0.2) is 15.9 Å². The van der Waals surface area contributed by atoms with E-state index in [1.807, 2.05) is 5.43 Å². The first kappa shape index (κ1) is 12.6. The monoisotopic (exact) mass is 274 g/mol. The van der Waals surface area contributed by atoms with Crippen LogP contribution in [-0.2, 0) is 6.42 Å². The normalized spacial score (nSPS) is 10.9.